The monoisotopic (exact) mass is 346 g/mol. The highest BCUT2D eigenvalue weighted by molar-refractivity contribution is 6.32. The molecular formula is C16H21ClF2N2O2. The van der Waals surface area contributed by atoms with Gasteiger partial charge < -0.3 is 14.5 Å². The van der Waals surface area contributed by atoms with Gasteiger partial charge in [-0.15, -0.1) is 0 Å². The van der Waals surface area contributed by atoms with Crippen LogP contribution in [0, 0.1) is 5.92 Å². The zero-order chi connectivity index (χ0) is 17.0. The second-order valence-electron chi connectivity index (χ2n) is 5.96. The zero-order valence-electron chi connectivity index (χ0n) is 13.3. The number of benzene rings is 1. The van der Waals surface area contributed by atoms with Crippen LogP contribution in [0.2, 0.25) is 5.02 Å². The number of nitrogens with zero attached hydrogens (tertiary/aromatic N) is 2. The standard InChI is InChI=1S/C16H21ClF2N2O2/c1-11(22)21-6-5-13(10-21)9-20(2)8-12-3-4-15(14(17)7-12)23-16(18)19/h3-4,7,13,16H,5-6,8-10H2,1-2H3/t13-/m0/s1. The van der Waals surface area contributed by atoms with E-state index in [1.54, 1.807) is 19.1 Å². The van der Waals surface area contributed by atoms with Gasteiger partial charge in [-0.1, -0.05) is 17.7 Å². The first-order chi connectivity index (χ1) is 10.8. The molecule has 1 fully saturated rings. The first-order valence-corrected chi connectivity index (χ1v) is 7.90. The lowest BCUT2D eigenvalue weighted by Crippen LogP contribution is -2.30. The van der Waals surface area contributed by atoms with Crippen molar-refractivity contribution in [2.45, 2.75) is 26.5 Å². The van der Waals surface area contributed by atoms with Crippen LogP contribution in [-0.2, 0) is 11.3 Å². The largest absolute Gasteiger partial charge is 0.433 e. The van der Waals surface area contributed by atoms with E-state index in [0.29, 0.717) is 12.5 Å². The summed E-state index contributed by atoms with van der Waals surface area (Å²) in [7, 11) is 1.99. The summed E-state index contributed by atoms with van der Waals surface area (Å²) in [6, 6.07) is 4.84. The molecule has 1 amide bonds. The predicted octanol–water partition coefficient (Wildman–Crippen LogP) is 3.24. The average Bonchev–Trinajstić information content (AvgIpc) is 2.90. The number of carbonyl (C=O) groups is 1. The molecule has 0 spiro atoms. The Morgan fingerprint density at radius 3 is 2.83 bits per heavy atom. The summed E-state index contributed by atoms with van der Waals surface area (Å²) in [5.41, 5.74) is 0.931. The van der Waals surface area contributed by atoms with Crippen LogP contribution in [-0.4, -0.2) is 49.0 Å². The molecule has 2 rings (SSSR count). The van der Waals surface area contributed by atoms with E-state index in [0.717, 1.165) is 31.6 Å². The number of likely N-dealkylation sites (tertiary alicyclic amines) is 1. The van der Waals surface area contributed by atoms with E-state index in [-0.39, 0.29) is 16.7 Å². The van der Waals surface area contributed by atoms with Gasteiger partial charge in [0.2, 0.25) is 5.91 Å². The maximum atomic E-state index is 12.2. The summed E-state index contributed by atoms with van der Waals surface area (Å²) in [4.78, 5) is 15.4. The average molecular weight is 347 g/mol. The second kappa shape index (κ2) is 7.93. The summed E-state index contributed by atoms with van der Waals surface area (Å²) >= 11 is 5.96. The molecule has 0 N–H and O–H groups in total. The minimum absolute atomic E-state index is 0.0130. The maximum Gasteiger partial charge on any atom is 0.387 e. The Morgan fingerprint density at radius 2 is 2.26 bits per heavy atom. The highest BCUT2D eigenvalue weighted by Crippen LogP contribution is 2.27. The van der Waals surface area contributed by atoms with E-state index in [1.807, 2.05) is 11.9 Å². The van der Waals surface area contributed by atoms with E-state index in [2.05, 4.69) is 9.64 Å². The second-order valence-corrected chi connectivity index (χ2v) is 6.37. The molecule has 0 aromatic heterocycles. The van der Waals surface area contributed by atoms with Crippen molar-refractivity contribution in [1.29, 1.82) is 0 Å². The molecule has 1 heterocycles. The van der Waals surface area contributed by atoms with Gasteiger partial charge in [-0.3, -0.25) is 4.79 Å². The smallest absolute Gasteiger partial charge is 0.387 e. The van der Waals surface area contributed by atoms with Gasteiger partial charge in [0.1, 0.15) is 5.75 Å². The lowest BCUT2D eigenvalue weighted by atomic mass is 10.1. The van der Waals surface area contributed by atoms with E-state index in [9.17, 15) is 13.6 Å². The van der Waals surface area contributed by atoms with Crippen molar-refractivity contribution < 1.29 is 18.3 Å². The summed E-state index contributed by atoms with van der Waals surface area (Å²) < 4.78 is 28.8. The first-order valence-electron chi connectivity index (χ1n) is 7.52. The number of halogens is 3. The number of hydrogen-bond donors (Lipinski definition) is 0. The van der Waals surface area contributed by atoms with Crippen molar-refractivity contribution in [3.63, 3.8) is 0 Å². The molecule has 0 radical (unpaired) electrons. The Balaban J connectivity index is 1.87. The van der Waals surface area contributed by atoms with E-state index >= 15 is 0 Å². The quantitative estimate of drug-likeness (QED) is 0.792. The molecule has 0 bridgehead atoms. The SMILES string of the molecule is CC(=O)N1CC[C@@H](CN(C)Cc2ccc(OC(F)F)c(Cl)c2)C1. The third-order valence-electron chi connectivity index (χ3n) is 3.97. The van der Waals surface area contributed by atoms with E-state index < -0.39 is 6.61 Å². The van der Waals surface area contributed by atoms with Gasteiger partial charge in [0.15, 0.2) is 0 Å². The lowest BCUT2D eigenvalue weighted by Gasteiger charge is -2.21. The number of carbonyl (C=O) groups excluding carboxylic acids is 1. The zero-order valence-corrected chi connectivity index (χ0v) is 14.0. The molecule has 23 heavy (non-hydrogen) atoms. The first kappa shape index (κ1) is 17.9. The Labute approximate surface area is 140 Å². The maximum absolute atomic E-state index is 12.2. The molecule has 7 heteroatoms. The van der Waals surface area contributed by atoms with Crippen molar-refractivity contribution in [1.82, 2.24) is 9.80 Å². The summed E-state index contributed by atoms with van der Waals surface area (Å²) in [5.74, 6) is 0.568. The fraction of sp³-hybridized carbons (Fsp3) is 0.562. The van der Waals surface area contributed by atoms with Crippen LogP contribution in [0.5, 0.6) is 5.75 Å². The van der Waals surface area contributed by atoms with Gasteiger partial charge >= 0.3 is 6.61 Å². The van der Waals surface area contributed by atoms with Crippen LogP contribution in [0.4, 0.5) is 8.78 Å². The Bertz CT molecular complexity index is 557. The van der Waals surface area contributed by atoms with Gasteiger partial charge in [-0.2, -0.15) is 8.78 Å². The molecule has 0 aliphatic carbocycles. The lowest BCUT2D eigenvalue weighted by molar-refractivity contribution is -0.127. The molecule has 1 atom stereocenters. The van der Waals surface area contributed by atoms with Crippen molar-refractivity contribution >= 4 is 17.5 Å². The molecular weight excluding hydrogens is 326 g/mol. The fourth-order valence-electron chi connectivity index (χ4n) is 2.92. The van der Waals surface area contributed by atoms with Crippen LogP contribution in [0.15, 0.2) is 18.2 Å². The fourth-order valence-corrected chi connectivity index (χ4v) is 3.17. The van der Waals surface area contributed by atoms with Crippen LogP contribution in [0.1, 0.15) is 18.9 Å². The molecule has 0 saturated carbocycles. The molecule has 1 aromatic rings. The molecule has 128 valence electrons. The van der Waals surface area contributed by atoms with Crippen LogP contribution in [0.25, 0.3) is 0 Å². The van der Waals surface area contributed by atoms with E-state index in [4.69, 9.17) is 11.6 Å². The van der Waals surface area contributed by atoms with Gasteiger partial charge in [0, 0.05) is 33.1 Å². The molecule has 1 aliphatic heterocycles. The Hall–Kier alpha value is -1.40. The summed E-state index contributed by atoms with van der Waals surface area (Å²) in [5, 5.41) is 0.180. The third-order valence-corrected chi connectivity index (χ3v) is 4.26. The Morgan fingerprint density at radius 1 is 1.52 bits per heavy atom. The highest BCUT2D eigenvalue weighted by Gasteiger charge is 2.25. The van der Waals surface area contributed by atoms with Crippen molar-refractivity contribution in [3.8, 4) is 5.75 Å². The topological polar surface area (TPSA) is 32.8 Å². The number of rotatable bonds is 6. The summed E-state index contributed by atoms with van der Waals surface area (Å²) in [6.07, 6.45) is 1.01. The van der Waals surface area contributed by atoms with Crippen LogP contribution in [0.3, 0.4) is 0 Å². The van der Waals surface area contributed by atoms with Crippen molar-refractivity contribution in [2.75, 3.05) is 26.7 Å². The van der Waals surface area contributed by atoms with Crippen LogP contribution >= 0.6 is 11.6 Å². The van der Waals surface area contributed by atoms with Gasteiger partial charge in [-0.05, 0) is 37.1 Å². The predicted molar refractivity (Wildman–Crippen MR) is 84.8 cm³/mol. The van der Waals surface area contributed by atoms with Gasteiger partial charge in [0.25, 0.3) is 0 Å². The Kier molecular flexibility index (Phi) is 6.18. The van der Waals surface area contributed by atoms with E-state index in [1.165, 1.54) is 6.07 Å². The molecule has 1 aromatic carbocycles. The van der Waals surface area contributed by atoms with Gasteiger partial charge in [0.05, 0.1) is 5.02 Å². The molecule has 1 saturated heterocycles. The normalized spacial score (nSPS) is 18.0. The third kappa shape index (κ3) is 5.32. The van der Waals surface area contributed by atoms with Gasteiger partial charge in [-0.25, -0.2) is 0 Å². The van der Waals surface area contributed by atoms with Crippen molar-refractivity contribution in [3.05, 3.63) is 28.8 Å². The molecule has 1 aliphatic rings. The molecule has 0 unspecified atom stereocenters. The molecule has 4 nitrogen and oxygen atoms in total. The summed E-state index contributed by atoms with van der Waals surface area (Å²) in [6.45, 7) is 1.85. The number of ether oxygens (including phenoxy) is 1. The number of amides is 1. The van der Waals surface area contributed by atoms with Crippen LogP contribution < -0.4 is 4.74 Å². The minimum Gasteiger partial charge on any atom is -0.433 e. The van der Waals surface area contributed by atoms with Crippen molar-refractivity contribution in [2.24, 2.45) is 5.92 Å². The number of alkyl halides is 2. The highest BCUT2D eigenvalue weighted by atomic mass is 35.5. The number of hydrogen-bond acceptors (Lipinski definition) is 3. The minimum atomic E-state index is -2.88.